The maximum Gasteiger partial charge on any atom is 0.202 e. The van der Waals surface area contributed by atoms with Gasteiger partial charge >= 0.3 is 0 Å². The molecule has 8 heteroatoms. The first kappa shape index (κ1) is 18.0. The fraction of sp³-hybridized carbons (Fsp3) is 0.529. The van der Waals surface area contributed by atoms with Gasteiger partial charge in [0, 0.05) is 6.54 Å². The van der Waals surface area contributed by atoms with Crippen molar-refractivity contribution < 1.29 is 18.9 Å². The fourth-order valence-electron chi connectivity index (χ4n) is 3.36. The lowest BCUT2D eigenvalue weighted by molar-refractivity contribution is -1.03. The number of piperazine rings is 1. The Kier molecular flexibility index (Phi) is 5.82. The number of aromatic nitrogens is 3. The van der Waals surface area contributed by atoms with Crippen molar-refractivity contribution in [2.45, 2.75) is 26.7 Å². The molecule has 0 amide bonds. The van der Waals surface area contributed by atoms with E-state index in [0.29, 0.717) is 0 Å². The predicted molar refractivity (Wildman–Crippen MR) is 94.8 cm³/mol. The van der Waals surface area contributed by atoms with Crippen molar-refractivity contribution in [1.82, 2.24) is 14.3 Å². The summed E-state index contributed by atoms with van der Waals surface area (Å²) in [5.41, 5.74) is 0.935. The number of rotatable bonds is 6. The average Bonchev–Trinajstić information content (AvgIpc) is 2.97. The number of methoxy groups -OCH3 is 1. The minimum atomic E-state index is -0.208. The third-order valence-electron chi connectivity index (χ3n) is 4.86. The van der Waals surface area contributed by atoms with Crippen LogP contribution in [0.15, 0.2) is 24.5 Å². The number of nitrogens with one attached hydrogen (secondary N) is 2. The Morgan fingerprint density at radius 2 is 1.96 bits per heavy atom. The van der Waals surface area contributed by atoms with Gasteiger partial charge < -0.3 is 19.1 Å². The minimum absolute atomic E-state index is 0.208. The molecular weight excluding hydrogens is 341 g/mol. The number of nitrogens with zero attached hydrogens (tertiary/aromatic N) is 3. The second kappa shape index (κ2) is 8.07. The molecule has 0 radical (unpaired) electrons. The van der Waals surface area contributed by atoms with Gasteiger partial charge in [-0.15, -0.1) is 0 Å². The Bertz CT molecular complexity index is 767. The third-order valence-corrected chi connectivity index (χ3v) is 5.30. The molecule has 1 aliphatic rings. The lowest BCUT2D eigenvalue weighted by atomic mass is 10.1. The molecule has 1 saturated heterocycles. The van der Waals surface area contributed by atoms with Gasteiger partial charge in [0.15, 0.2) is 6.67 Å². The van der Waals surface area contributed by atoms with Crippen molar-refractivity contribution in [2.75, 3.05) is 33.3 Å². The highest BCUT2D eigenvalue weighted by molar-refractivity contribution is 7.71. The van der Waals surface area contributed by atoms with E-state index in [1.54, 1.807) is 25.6 Å². The van der Waals surface area contributed by atoms with Crippen LogP contribution in [0.2, 0.25) is 0 Å². The van der Waals surface area contributed by atoms with Crippen LogP contribution in [-0.2, 0) is 19.8 Å². The van der Waals surface area contributed by atoms with Crippen LogP contribution in [0, 0.1) is 10.6 Å². The summed E-state index contributed by atoms with van der Waals surface area (Å²) < 4.78 is 23.6. The molecule has 25 heavy (non-hydrogen) atoms. The van der Waals surface area contributed by atoms with E-state index in [1.807, 2.05) is 9.25 Å². The molecule has 1 aliphatic heterocycles. The molecule has 0 atom stereocenters. The molecule has 0 bridgehead atoms. The van der Waals surface area contributed by atoms with Gasteiger partial charge in [-0.2, -0.15) is 9.78 Å². The quantitative estimate of drug-likeness (QED) is 0.678. The van der Waals surface area contributed by atoms with Crippen molar-refractivity contribution in [3.63, 3.8) is 0 Å². The van der Waals surface area contributed by atoms with Gasteiger partial charge in [0.1, 0.15) is 50.6 Å². The molecule has 1 aromatic heterocycles. The molecule has 136 valence electrons. The van der Waals surface area contributed by atoms with Crippen LogP contribution in [0.3, 0.4) is 0 Å². The summed E-state index contributed by atoms with van der Waals surface area (Å²) in [6, 6.07) is 4.73. The molecule has 0 saturated carbocycles. The molecule has 1 fully saturated rings. The monoisotopic (exact) mass is 367 g/mol. The number of benzene rings is 1. The van der Waals surface area contributed by atoms with Gasteiger partial charge in [0.05, 0.1) is 12.7 Å². The van der Waals surface area contributed by atoms with Crippen LogP contribution < -0.4 is 14.5 Å². The molecule has 6 nitrogen and oxygen atoms in total. The largest absolute Gasteiger partial charge is 0.496 e. The first-order valence-electron chi connectivity index (χ1n) is 8.72. The lowest BCUT2D eigenvalue weighted by Crippen LogP contribution is -3.27. The average molecular weight is 367 g/mol. The van der Waals surface area contributed by atoms with Crippen molar-refractivity contribution >= 4 is 12.2 Å². The van der Waals surface area contributed by atoms with E-state index in [9.17, 15) is 4.39 Å². The van der Waals surface area contributed by atoms with Crippen molar-refractivity contribution in [3.8, 4) is 5.75 Å². The summed E-state index contributed by atoms with van der Waals surface area (Å²) in [6.07, 6.45) is 1.81. The van der Waals surface area contributed by atoms with Crippen molar-refractivity contribution in [1.29, 1.82) is 0 Å². The number of hydrogen-bond donors (Lipinski definition) is 2. The van der Waals surface area contributed by atoms with Gasteiger partial charge in [0.25, 0.3) is 0 Å². The number of ether oxygens (including phenoxy) is 1. The second-order valence-corrected chi connectivity index (χ2v) is 6.86. The summed E-state index contributed by atoms with van der Waals surface area (Å²) in [5, 5.41) is 4.39. The lowest BCUT2D eigenvalue weighted by Gasteiger charge is -2.29. The van der Waals surface area contributed by atoms with Crippen LogP contribution in [-0.4, -0.2) is 47.6 Å². The van der Waals surface area contributed by atoms with Crippen LogP contribution in [0.5, 0.6) is 5.75 Å². The summed E-state index contributed by atoms with van der Waals surface area (Å²) in [5.74, 6) is 0.556. The van der Waals surface area contributed by atoms with E-state index in [1.165, 1.54) is 15.9 Å². The smallest absolute Gasteiger partial charge is 0.202 e. The van der Waals surface area contributed by atoms with Gasteiger partial charge in [-0.3, -0.25) is 0 Å². The number of quaternary nitrogens is 2. The SMILES string of the molecule is CCn1cnn(C[NH+]2CC[NH+](Cc3cc(F)ccc3OC)CC2)c1=S. The highest BCUT2D eigenvalue weighted by Gasteiger charge is 2.24. The first-order valence-corrected chi connectivity index (χ1v) is 9.13. The summed E-state index contributed by atoms with van der Waals surface area (Å²) in [4.78, 5) is 2.93. The minimum Gasteiger partial charge on any atom is -0.496 e. The molecule has 0 spiro atoms. The molecule has 0 unspecified atom stereocenters. The Hall–Kier alpha value is -1.77. The standard InChI is InChI=1S/C17H24FN5OS/c1-3-22-12-19-23(17(22)25)13-21-8-6-20(7-9-21)11-14-10-15(18)4-5-16(14)24-2/h4-5,10,12H,3,6-9,11,13H2,1-2H3/p+2. The number of aryl methyl sites for hydroxylation is 1. The van der Waals surface area contributed by atoms with Gasteiger partial charge in [-0.1, -0.05) is 0 Å². The topological polar surface area (TPSA) is 40.9 Å². The van der Waals surface area contributed by atoms with Gasteiger partial charge in [0.2, 0.25) is 4.77 Å². The van der Waals surface area contributed by atoms with E-state index in [-0.39, 0.29) is 5.82 Å². The predicted octanol–water partition coefficient (Wildman–Crippen LogP) is -0.477. The van der Waals surface area contributed by atoms with Crippen LogP contribution >= 0.6 is 12.2 Å². The summed E-state index contributed by atoms with van der Waals surface area (Å²) >= 11 is 5.44. The summed E-state index contributed by atoms with van der Waals surface area (Å²) in [6.45, 7) is 8.69. The van der Waals surface area contributed by atoms with E-state index < -0.39 is 0 Å². The second-order valence-electron chi connectivity index (χ2n) is 6.49. The Balaban J connectivity index is 1.56. The normalized spacial score (nSPS) is 20.6. The van der Waals surface area contributed by atoms with E-state index in [2.05, 4.69) is 12.0 Å². The maximum atomic E-state index is 13.5. The van der Waals surface area contributed by atoms with Crippen LogP contribution in [0.1, 0.15) is 12.5 Å². The molecule has 1 aromatic carbocycles. The van der Waals surface area contributed by atoms with Gasteiger partial charge in [-0.05, 0) is 37.3 Å². The Morgan fingerprint density at radius 3 is 2.60 bits per heavy atom. The Morgan fingerprint density at radius 1 is 1.24 bits per heavy atom. The van der Waals surface area contributed by atoms with Crippen LogP contribution in [0.4, 0.5) is 4.39 Å². The highest BCUT2D eigenvalue weighted by atomic mass is 32.1. The molecule has 2 aromatic rings. The zero-order chi connectivity index (χ0) is 17.8. The zero-order valence-electron chi connectivity index (χ0n) is 14.8. The number of halogens is 1. The molecule has 3 rings (SSSR count). The van der Waals surface area contributed by atoms with E-state index in [0.717, 1.165) is 62.0 Å². The summed E-state index contributed by atoms with van der Waals surface area (Å²) in [7, 11) is 1.63. The fourth-order valence-corrected chi connectivity index (χ4v) is 3.64. The third kappa shape index (κ3) is 4.26. The molecule has 0 aliphatic carbocycles. The number of hydrogen-bond acceptors (Lipinski definition) is 3. The van der Waals surface area contributed by atoms with E-state index >= 15 is 0 Å². The zero-order valence-corrected chi connectivity index (χ0v) is 15.6. The highest BCUT2D eigenvalue weighted by Crippen LogP contribution is 2.18. The molecular formula is C17H26FN5OS+2. The van der Waals surface area contributed by atoms with Crippen molar-refractivity contribution in [2.24, 2.45) is 0 Å². The van der Waals surface area contributed by atoms with E-state index in [4.69, 9.17) is 17.0 Å². The maximum absolute atomic E-state index is 13.5. The van der Waals surface area contributed by atoms with Crippen LogP contribution in [0.25, 0.3) is 0 Å². The Labute approximate surface area is 152 Å². The first-order chi connectivity index (χ1) is 12.1. The van der Waals surface area contributed by atoms with Crippen molar-refractivity contribution in [3.05, 3.63) is 40.7 Å². The molecule has 2 N–H and O–H groups in total. The molecule has 2 heterocycles. The van der Waals surface area contributed by atoms with Gasteiger partial charge in [-0.25, -0.2) is 4.39 Å².